The molecule has 0 amide bonds. The molecule has 0 aliphatic heterocycles. The molecule has 0 spiro atoms. The van der Waals surface area contributed by atoms with Crippen LogP contribution in [0.1, 0.15) is 21.3 Å². The Labute approximate surface area is 152 Å². The molecule has 0 atom stereocenters. The van der Waals surface area contributed by atoms with Gasteiger partial charge in [-0.15, -0.1) is 11.3 Å². The van der Waals surface area contributed by atoms with E-state index in [-0.39, 0.29) is 0 Å². The van der Waals surface area contributed by atoms with Crippen LogP contribution in [0.25, 0.3) is 11.3 Å². The third kappa shape index (κ3) is 4.22. The van der Waals surface area contributed by atoms with Crippen LogP contribution in [0.5, 0.6) is 0 Å². The SMILES string of the molecule is O=C(O)/C=C/C(=O)O.c1ccc2c(c1)Cc1sc(Cc3ncc[nH]3)nc1-2. The minimum Gasteiger partial charge on any atom is -0.478 e. The van der Waals surface area contributed by atoms with Gasteiger partial charge in [-0.3, -0.25) is 0 Å². The summed E-state index contributed by atoms with van der Waals surface area (Å²) < 4.78 is 0. The lowest BCUT2D eigenvalue weighted by Gasteiger charge is -1.97. The quantitative estimate of drug-likeness (QED) is 0.476. The zero-order chi connectivity index (χ0) is 18.5. The molecule has 8 heteroatoms. The number of thiazole rings is 1. The summed E-state index contributed by atoms with van der Waals surface area (Å²) >= 11 is 1.81. The average Bonchev–Trinajstić information content (AvgIpc) is 3.30. The lowest BCUT2D eigenvalue weighted by atomic mass is 10.1. The first-order chi connectivity index (χ1) is 12.5. The van der Waals surface area contributed by atoms with Crippen molar-refractivity contribution in [3.05, 3.63) is 70.1 Å². The molecule has 3 N–H and O–H groups in total. The van der Waals surface area contributed by atoms with Crippen LogP contribution >= 0.6 is 11.3 Å². The highest BCUT2D eigenvalue weighted by atomic mass is 32.1. The van der Waals surface area contributed by atoms with Crippen molar-refractivity contribution >= 4 is 23.3 Å². The number of hydrogen-bond acceptors (Lipinski definition) is 5. The van der Waals surface area contributed by atoms with Gasteiger partial charge in [0.15, 0.2) is 0 Å². The van der Waals surface area contributed by atoms with E-state index in [0.29, 0.717) is 12.2 Å². The van der Waals surface area contributed by atoms with E-state index in [1.165, 1.54) is 21.7 Å². The molecule has 132 valence electrons. The van der Waals surface area contributed by atoms with Gasteiger partial charge in [0, 0.05) is 41.4 Å². The van der Waals surface area contributed by atoms with Crippen LogP contribution in [0.3, 0.4) is 0 Å². The molecular formula is C18H15N3O4S. The molecule has 0 bridgehead atoms. The van der Waals surface area contributed by atoms with Gasteiger partial charge in [-0.25, -0.2) is 19.6 Å². The third-order valence-electron chi connectivity index (χ3n) is 3.61. The summed E-state index contributed by atoms with van der Waals surface area (Å²) in [6.45, 7) is 0. The predicted octanol–water partition coefficient (Wildman–Crippen LogP) is 2.74. The minimum absolute atomic E-state index is 0.558. The first-order valence-corrected chi connectivity index (χ1v) is 8.53. The Kier molecular flexibility index (Phi) is 5.23. The fourth-order valence-corrected chi connectivity index (χ4v) is 3.68. The zero-order valence-electron chi connectivity index (χ0n) is 13.5. The maximum atomic E-state index is 9.55. The standard InChI is InChI=1S/C14H11N3S.C4H4O4/c1-2-4-10-9(3-1)7-11-14(10)17-13(18-11)8-12-15-5-6-16-12;5-3(6)1-2-4(7)8/h1-6H,7-8H2,(H,15,16);1-2H,(H,5,6)(H,7,8)/b;2-1+. The van der Waals surface area contributed by atoms with Crippen molar-refractivity contribution < 1.29 is 19.8 Å². The van der Waals surface area contributed by atoms with E-state index < -0.39 is 11.9 Å². The molecule has 0 saturated carbocycles. The fraction of sp³-hybridized carbons (Fsp3) is 0.111. The maximum Gasteiger partial charge on any atom is 0.328 e. The number of aliphatic carboxylic acids is 2. The van der Waals surface area contributed by atoms with Crippen molar-refractivity contribution in [2.24, 2.45) is 0 Å². The Bertz CT molecular complexity index is 945. The van der Waals surface area contributed by atoms with E-state index >= 15 is 0 Å². The third-order valence-corrected chi connectivity index (χ3v) is 4.66. The first-order valence-electron chi connectivity index (χ1n) is 7.72. The Balaban J connectivity index is 0.000000211. The van der Waals surface area contributed by atoms with Crippen LogP contribution in [0.4, 0.5) is 0 Å². The molecule has 0 fully saturated rings. The van der Waals surface area contributed by atoms with Crippen molar-refractivity contribution in [1.82, 2.24) is 15.0 Å². The van der Waals surface area contributed by atoms with E-state index in [4.69, 9.17) is 15.2 Å². The molecule has 26 heavy (non-hydrogen) atoms. The predicted molar refractivity (Wildman–Crippen MR) is 96.2 cm³/mol. The van der Waals surface area contributed by atoms with Gasteiger partial charge in [0.05, 0.1) is 12.1 Å². The van der Waals surface area contributed by atoms with Gasteiger partial charge in [-0.05, 0) is 5.56 Å². The van der Waals surface area contributed by atoms with Crippen LogP contribution in [0.2, 0.25) is 0 Å². The number of nitrogens with zero attached hydrogens (tertiary/aromatic N) is 2. The lowest BCUT2D eigenvalue weighted by molar-refractivity contribution is -0.134. The maximum absolute atomic E-state index is 9.55. The zero-order valence-corrected chi connectivity index (χ0v) is 14.4. The number of carbonyl (C=O) groups is 2. The highest BCUT2D eigenvalue weighted by Gasteiger charge is 2.22. The van der Waals surface area contributed by atoms with Gasteiger partial charge in [-0.2, -0.15) is 0 Å². The van der Waals surface area contributed by atoms with E-state index in [1.54, 1.807) is 17.5 Å². The Morgan fingerprint density at radius 1 is 1.19 bits per heavy atom. The number of rotatable bonds is 4. The van der Waals surface area contributed by atoms with Gasteiger partial charge in [0.25, 0.3) is 0 Å². The molecule has 7 nitrogen and oxygen atoms in total. The van der Waals surface area contributed by atoms with E-state index in [9.17, 15) is 9.59 Å². The second kappa shape index (κ2) is 7.75. The highest BCUT2D eigenvalue weighted by molar-refractivity contribution is 7.12. The number of benzene rings is 1. The lowest BCUT2D eigenvalue weighted by Crippen LogP contribution is -1.91. The number of fused-ring (bicyclic) bond motifs is 3. The van der Waals surface area contributed by atoms with Crippen LogP contribution in [-0.4, -0.2) is 37.1 Å². The van der Waals surface area contributed by atoms with Crippen LogP contribution < -0.4 is 0 Å². The summed E-state index contributed by atoms with van der Waals surface area (Å²) in [5, 5.41) is 16.8. The van der Waals surface area contributed by atoms with E-state index in [0.717, 1.165) is 23.7 Å². The van der Waals surface area contributed by atoms with Crippen molar-refractivity contribution in [3.8, 4) is 11.3 Å². The molecule has 2 aromatic heterocycles. The number of carboxylic acid groups (broad SMARTS) is 2. The minimum atomic E-state index is -1.26. The van der Waals surface area contributed by atoms with Crippen molar-refractivity contribution in [2.45, 2.75) is 12.8 Å². The Morgan fingerprint density at radius 3 is 2.58 bits per heavy atom. The molecule has 0 unspecified atom stereocenters. The highest BCUT2D eigenvalue weighted by Crippen LogP contribution is 2.39. The number of nitrogens with one attached hydrogen (secondary N) is 1. The summed E-state index contributed by atoms with van der Waals surface area (Å²) in [4.78, 5) is 32.6. The number of aromatic nitrogens is 3. The van der Waals surface area contributed by atoms with Crippen molar-refractivity contribution in [1.29, 1.82) is 0 Å². The smallest absolute Gasteiger partial charge is 0.328 e. The Morgan fingerprint density at radius 2 is 1.92 bits per heavy atom. The number of H-pyrrole nitrogens is 1. The molecular weight excluding hydrogens is 354 g/mol. The second-order valence-corrected chi connectivity index (χ2v) is 6.60. The Hall–Kier alpha value is -3.26. The van der Waals surface area contributed by atoms with Crippen molar-refractivity contribution in [2.75, 3.05) is 0 Å². The summed E-state index contributed by atoms with van der Waals surface area (Å²) in [5.74, 6) is -1.53. The number of carboxylic acids is 2. The molecule has 2 heterocycles. The first kappa shape index (κ1) is 17.6. The van der Waals surface area contributed by atoms with E-state index in [2.05, 4.69) is 34.2 Å². The van der Waals surface area contributed by atoms with Crippen LogP contribution in [-0.2, 0) is 22.4 Å². The van der Waals surface area contributed by atoms with Crippen LogP contribution in [0.15, 0.2) is 48.8 Å². The summed E-state index contributed by atoms with van der Waals surface area (Å²) in [5.41, 5.74) is 3.88. The van der Waals surface area contributed by atoms with Gasteiger partial charge < -0.3 is 15.2 Å². The van der Waals surface area contributed by atoms with Gasteiger partial charge >= 0.3 is 11.9 Å². The largest absolute Gasteiger partial charge is 0.478 e. The number of aromatic amines is 1. The van der Waals surface area contributed by atoms with Gasteiger partial charge in [-0.1, -0.05) is 24.3 Å². The average molecular weight is 369 g/mol. The molecule has 1 aliphatic carbocycles. The topological polar surface area (TPSA) is 116 Å². The van der Waals surface area contributed by atoms with Gasteiger partial charge in [0.2, 0.25) is 0 Å². The molecule has 1 aromatic carbocycles. The van der Waals surface area contributed by atoms with Crippen molar-refractivity contribution in [3.63, 3.8) is 0 Å². The molecule has 1 aliphatic rings. The number of hydrogen-bond donors (Lipinski definition) is 3. The summed E-state index contributed by atoms with van der Waals surface area (Å²) in [6, 6.07) is 8.53. The molecule has 4 rings (SSSR count). The fourth-order valence-electron chi connectivity index (χ4n) is 2.57. The van der Waals surface area contributed by atoms with Gasteiger partial charge in [0.1, 0.15) is 10.8 Å². The van der Waals surface area contributed by atoms with Crippen LogP contribution in [0, 0.1) is 0 Å². The second-order valence-electron chi connectivity index (χ2n) is 5.44. The molecule has 3 aromatic rings. The summed E-state index contributed by atoms with van der Waals surface area (Å²) in [7, 11) is 0. The normalized spacial score (nSPS) is 11.5. The van der Waals surface area contributed by atoms with E-state index in [1.807, 2.05) is 6.20 Å². The monoisotopic (exact) mass is 369 g/mol. The number of imidazole rings is 1. The molecule has 0 saturated heterocycles. The summed E-state index contributed by atoms with van der Waals surface area (Å²) in [6.07, 6.45) is 6.58. The molecule has 0 radical (unpaired) electrons.